The highest BCUT2D eigenvalue weighted by molar-refractivity contribution is 7.99. The summed E-state index contributed by atoms with van der Waals surface area (Å²) in [5.74, 6) is 3.91. The number of halogens is 1. The number of amides is 1. The van der Waals surface area contributed by atoms with E-state index in [2.05, 4.69) is 37.9 Å². The molecule has 1 unspecified atom stereocenters. The predicted molar refractivity (Wildman–Crippen MR) is 96.5 cm³/mol. The Morgan fingerprint density at radius 1 is 1.19 bits per heavy atom. The van der Waals surface area contributed by atoms with Gasteiger partial charge in [-0.2, -0.15) is 11.8 Å². The lowest BCUT2D eigenvalue weighted by atomic mass is 10.1. The Hall–Kier alpha value is 0.0700. The maximum Gasteiger partial charge on any atom is 0.224 e. The molecule has 0 saturated carbocycles. The first-order valence-corrected chi connectivity index (χ1v) is 9.23. The van der Waals surface area contributed by atoms with Crippen molar-refractivity contribution >= 4 is 30.1 Å². The maximum absolute atomic E-state index is 12.5. The Morgan fingerprint density at radius 2 is 1.76 bits per heavy atom. The molecule has 0 bridgehead atoms. The van der Waals surface area contributed by atoms with Gasteiger partial charge in [-0.05, 0) is 24.7 Å². The number of nitrogens with one attached hydrogen (secondary N) is 1. The lowest BCUT2D eigenvalue weighted by molar-refractivity contribution is -0.132. The summed E-state index contributed by atoms with van der Waals surface area (Å²) in [6, 6.07) is 0.377. The minimum Gasteiger partial charge on any atom is -0.343 e. The molecular formula is C16H33ClN2OS. The topological polar surface area (TPSA) is 32.3 Å². The molecular weight excluding hydrogens is 304 g/mol. The van der Waals surface area contributed by atoms with Crippen molar-refractivity contribution in [2.24, 2.45) is 11.8 Å². The summed E-state index contributed by atoms with van der Waals surface area (Å²) in [5, 5.41) is 3.47. The highest BCUT2D eigenvalue weighted by atomic mass is 35.5. The molecule has 1 heterocycles. The molecule has 1 saturated heterocycles. The molecule has 0 radical (unpaired) electrons. The second-order valence-corrected chi connectivity index (χ2v) is 7.83. The summed E-state index contributed by atoms with van der Waals surface area (Å²) in [6.07, 6.45) is 2.89. The number of rotatable bonds is 8. The fourth-order valence-electron chi connectivity index (χ4n) is 2.28. The molecule has 5 heteroatoms. The molecule has 1 fully saturated rings. The molecule has 1 N–H and O–H groups in total. The van der Waals surface area contributed by atoms with Gasteiger partial charge in [-0.1, -0.05) is 27.7 Å². The van der Waals surface area contributed by atoms with Crippen molar-refractivity contribution in [3.63, 3.8) is 0 Å². The second kappa shape index (κ2) is 11.6. The average Bonchev–Trinajstić information content (AvgIpc) is 2.39. The van der Waals surface area contributed by atoms with E-state index in [4.69, 9.17) is 0 Å². The lowest BCUT2D eigenvalue weighted by Crippen LogP contribution is -2.43. The van der Waals surface area contributed by atoms with Gasteiger partial charge >= 0.3 is 0 Å². The minimum atomic E-state index is 0. The summed E-state index contributed by atoms with van der Waals surface area (Å²) in [5.41, 5.74) is 0. The van der Waals surface area contributed by atoms with E-state index in [1.807, 2.05) is 11.8 Å². The molecule has 1 aliphatic heterocycles. The molecule has 126 valence electrons. The van der Waals surface area contributed by atoms with Crippen LogP contribution in [-0.2, 0) is 4.79 Å². The predicted octanol–water partition coefficient (Wildman–Crippen LogP) is 3.42. The van der Waals surface area contributed by atoms with Crippen molar-refractivity contribution in [1.29, 1.82) is 0 Å². The quantitative estimate of drug-likeness (QED) is 0.737. The molecule has 21 heavy (non-hydrogen) atoms. The monoisotopic (exact) mass is 336 g/mol. The highest BCUT2D eigenvalue weighted by Crippen LogP contribution is 2.13. The van der Waals surface area contributed by atoms with E-state index in [-0.39, 0.29) is 12.4 Å². The third-order valence-electron chi connectivity index (χ3n) is 3.72. The third kappa shape index (κ3) is 9.64. The van der Waals surface area contributed by atoms with Gasteiger partial charge in [0.25, 0.3) is 0 Å². The van der Waals surface area contributed by atoms with Crippen molar-refractivity contribution in [3.05, 3.63) is 0 Å². The van der Waals surface area contributed by atoms with E-state index >= 15 is 0 Å². The van der Waals surface area contributed by atoms with Crippen LogP contribution in [0.5, 0.6) is 0 Å². The van der Waals surface area contributed by atoms with Gasteiger partial charge in [0.15, 0.2) is 0 Å². The van der Waals surface area contributed by atoms with Gasteiger partial charge in [0.2, 0.25) is 5.91 Å². The van der Waals surface area contributed by atoms with Gasteiger partial charge < -0.3 is 10.2 Å². The van der Waals surface area contributed by atoms with Crippen molar-refractivity contribution < 1.29 is 4.79 Å². The number of carbonyl (C=O) groups excluding carboxylic acids is 1. The van der Waals surface area contributed by atoms with Crippen LogP contribution in [0, 0.1) is 11.8 Å². The van der Waals surface area contributed by atoms with Crippen LogP contribution < -0.4 is 5.32 Å². The number of thioether (sulfide) groups is 1. The average molecular weight is 337 g/mol. The molecule has 0 aliphatic carbocycles. The molecule has 0 aromatic rings. The number of nitrogens with zero attached hydrogens (tertiary/aromatic N) is 1. The van der Waals surface area contributed by atoms with Crippen molar-refractivity contribution in [1.82, 2.24) is 10.2 Å². The Kier molecular flexibility index (Phi) is 11.7. The van der Waals surface area contributed by atoms with Crippen molar-refractivity contribution in [3.8, 4) is 0 Å². The molecule has 1 aliphatic rings. The first kappa shape index (κ1) is 21.1. The smallest absolute Gasteiger partial charge is 0.224 e. The Morgan fingerprint density at radius 3 is 2.19 bits per heavy atom. The summed E-state index contributed by atoms with van der Waals surface area (Å²) in [4.78, 5) is 14.6. The van der Waals surface area contributed by atoms with Crippen LogP contribution in [0.1, 0.15) is 47.0 Å². The Bertz CT molecular complexity index is 269. The summed E-state index contributed by atoms with van der Waals surface area (Å²) >= 11 is 1.96. The molecule has 3 nitrogen and oxygen atoms in total. The fraction of sp³-hybridized carbons (Fsp3) is 0.938. The van der Waals surface area contributed by atoms with E-state index in [9.17, 15) is 4.79 Å². The zero-order valence-electron chi connectivity index (χ0n) is 14.1. The molecule has 0 spiro atoms. The van der Waals surface area contributed by atoms with Gasteiger partial charge in [-0.15, -0.1) is 12.4 Å². The van der Waals surface area contributed by atoms with Gasteiger partial charge in [0.05, 0.1) is 0 Å². The summed E-state index contributed by atoms with van der Waals surface area (Å²) in [7, 11) is 0. The van der Waals surface area contributed by atoms with Gasteiger partial charge in [0, 0.05) is 43.6 Å². The SMILES string of the molecule is CC(C)CCN(CCC(C)C)C(=O)CC1CSCCN1.Cl. The van der Waals surface area contributed by atoms with Crippen LogP contribution in [0.4, 0.5) is 0 Å². The van der Waals surface area contributed by atoms with Crippen LogP contribution in [0.25, 0.3) is 0 Å². The zero-order valence-corrected chi connectivity index (χ0v) is 15.7. The van der Waals surface area contributed by atoms with Gasteiger partial charge in [0.1, 0.15) is 0 Å². The van der Waals surface area contributed by atoms with Crippen LogP contribution >= 0.6 is 24.2 Å². The van der Waals surface area contributed by atoms with E-state index in [1.54, 1.807) is 0 Å². The Labute approximate surface area is 141 Å². The van der Waals surface area contributed by atoms with Gasteiger partial charge in [-0.3, -0.25) is 4.79 Å². The first-order chi connectivity index (χ1) is 9.49. The normalized spacial score (nSPS) is 18.7. The molecule has 1 amide bonds. The second-order valence-electron chi connectivity index (χ2n) is 6.68. The van der Waals surface area contributed by atoms with Crippen molar-refractivity contribution in [2.45, 2.75) is 53.0 Å². The molecule has 0 aromatic heterocycles. The first-order valence-electron chi connectivity index (χ1n) is 8.08. The molecule has 1 atom stereocenters. The maximum atomic E-state index is 12.5. The van der Waals surface area contributed by atoms with E-state index < -0.39 is 0 Å². The van der Waals surface area contributed by atoms with E-state index in [0.717, 1.165) is 38.2 Å². The summed E-state index contributed by atoms with van der Waals surface area (Å²) < 4.78 is 0. The Balaban J connectivity index is 0.00000400. The minimum absolute atomic E-state index is 0. The summed E-state index contributed by atoms with van der Waals surface area (Å²) in [6.45, 7) is 11.8. The third-order valence-corrected chi connectivity index (χ3v) is 4.86. The molecule has 1 rings (SSSR count). The lowest BCUT2D eigenvalue weighted by Gasteiger charge is -2.28. The van der Waals surface area contributed by atoms with E-state index in [0.29, 0.717) is 30.2 Å². The van der Waals surface area contributed by atoms with E-state index in [1.165, 1.54) is 5.75 Å². The standard InChI is InChI=1S/C16H32N2OS.ClH/c1-13(2)5-8-18(9-6-14(3)4)16(19)11-15-12-20-10-7-17-15;/h13-15,17H,5-12H2,1-4H3;1H. The van der Waals surface area contributed by atoms with Crippen LogP contribution in [0.2, 0.25) is 0 Å². The number of hydrogen-bond acceptors (Lipinski definition) is 3. The fourth-order valence-corrected chi connectivity index (χ4v) is 3.23. The number of carbonyl (C=O) groups is 1. The number of hydrogen-bond donors (Lipinski definition) is 1. The largest absolute Gasteiger partial charge is 0.343 e. The van der Waals surface area contributed by atoms with Gasteiger partial charge in [-0.25, -0.2) is 0 Å². The highest BCUT2D eigenvalue weighted by Gasteiger charge is 2.21. The van der Waals surface area contributed by atoms with Crippen LogP contribution in [0.15, 0.2) is 0 Å². The van der Waals surface area contributed by atoms with Crippen LogP contribution in [0.3, 0.4) is 0 Å². The molecule has 0 aromatic carbocycles. The van der Waals surface area contributed by atoms with Crippen molar-refractivity contribution in [2.75, 3.05) is 31.1 Å². The zero-order chi connectivity index (χ0) is 15.0. The van der Waals surface area contributed by atoms with Crippen LogP contribution in [-0.4, -0.2) is 48.0 Å².